The van der Waals surface area contributed by atoms with Gasteiger partial charge in [-0.05, 0) is 44.1 Å². The number of hydrogen-bond acceptors (Lipinski definition) is 1. The highest BCUT2D eigenvalue weighted by atomic mass is 19.1. The molecule has 2 rings (SSSR count). The summed E-state index contributed by atoms with van der Waals surface area (Å²) in [6.45, 7) is 0. The first-order chi connectivity index (χ1) is 6.21. The van der Waals surface area contributed by atoms with Crippen molar-refractivity contribution >= 4 is 0 Å². The molecule has 2 unspecified atom stereocenters. The van der Waals surface area contributed by atoms with E-state index in [0.29, 0.717) is 12.8 Å². The summed E-state index contributed by atoms with van der Waals surface area (Å²) in [7, 11) is 0. The highest BCUT2D eigenvalue weighted by Gasteiger charge is 2.40. The molecule has 2 N–H and O–H groups in total. The van der Waals surface area contributed by atoms with Crippen LogP contribution in [0.5, 0.6) is 0 Å². The summed E-state index contributed by atoms with van der Waals surface area (Å²) >= 11 is 0. The molecule has 13 heavy (non-hydrogen) atoms. The van der Waals surface area contributed by atoms with Gasteiger partial charge in [-0.2, -0.15) is 0 Å². The summed E-state index contributed by atoms with van der Waals surface area (Å²) < 4.78 is 14.3. The van der Waals surface area contributed by atoms with Crippen LogP contribution in [-0.2, 0) is 0 Å². The second-order valence-corrected chi connectivity index (χ2v) is 4.44. The molecule has 0 bridgehead atoms. The van der Waals surface area contributed by atoms with Crippen LogP contribution in [0.15, 0.2) is 11.6 Å². The summed E-state index contributed by atoms with van der Waals surface area (Å²) in [5.41, 5.74) is 5.77. The fourth-order valence-corrected chi connectivity index (χ4v) is 2.57. The Morgan fingerprint density at radius 2 is 2.31 bits per heavy atom. The third-order valence-electron chi connectivity index (χ3n) is 3.36. The minimum Gasteiger partial charge on any atom is -0.328 e. The van der Waals surface area contributed by atoms with Crippen LogP contribution in [0.4, 0.5) is 4.39 Å². The van der Waals surface area contributed by atoms with Gasteiger partial charge in [0.1, 0.15) is 5.67 Å². The van der Waals surface area contributed by atoms with Crippen molar-refractivity contribution in [1.29, 1.82) is 0 Å². The Balaban J connectivity index is 2.10. The van der Waals surface area contributed by atoms with E-state index in [-0.39, 0.29) is 6.04 Å². The number of nitrogens with two attached hydrogens (primary N) is 1. The lowest BCUT2D eigenvalue weighted by atomic mass is 9.85. The van der Waals surface area contributed by atoms with E-state index in [4.69, 9.17) is 5.73 Å². The van der Waals surface area contributed by atoms with Gasteiger partial charge in [-0.1, -0.05) is 6.08 Å². The third-order valence-corrected chi connectivity index (χ3v) is 3.36. The van der Waals surface area contributed by atoms with Gasteiger partial charge in [0.15, 0.2) is 0 Å². The molecule has 0 aromatic rings. The summed E-state index contributed by atoms with van der Waals surface area (Å²) in [6.07, 6.45) is 8.59. The topological polar surface area (TPSA) is 26.0 Å². The van der Waals surface area contributed by atoms with Crippen LogP contribution in [-0.4, -0.2) is 11.7 Å². The first-order valence-electron chi connectivity index (χ1n) is 5.35. The predicted octanol–water partition coefficient (Wildman–Crippen LogP) is 2.71. The number of allylic oxidation sites excluding steroid dienone is 2. The molecule has 1 nitrogen and oxygen atoms in total. The largest absolute Gasteiger partial charge is 0.328 e. The van der Waals surface area contributed by atoms with Crippen LogP contribution < -0.4 is 5.73 Å². The molecule has 0 saturated heterocycles. The Morgan fingerprint density at radius 3 is 2.85 bits per heavy atom. The van der Waals surface area contributed by atoms with Gasteiger partial charge in [0, 0.05) is 12.5 Å². The zero-order valence-electron chi connectivity index (χ0n) is 8.06. The lowest BCUT2D eigenvalue weighted by Gasteiger charge is -2.26. The van der Waals surface area contributed by atoms with E-state index < -0.39 is 5.67 Å². The molecule has 2 heteroatoms. The second-order valence-electron chi connectivity index (χ2n) is 4.44. The number of rotatable bonds is 1. The van der Waals surface area contributed by atoms with Crippen molar-refractivity contribution < 1.29 is 4.39 Å². The molecule has 74 valence electrons. The summed E-state index contributed by atoms with van der Waals surface area (Å²) in [4.78, 5) is 0. The number of halogens is 1. The smallest absolute Gasteiger partial charge is 0.133 e. The quantitative estimate of drug-likeness (QED) is 0.621. The lowest BCUT2D eigenvalue weighted by molar-refractivity contribution is 0.209. The van der Waals surface area contributed by atoms with Crippen LogP contribution in [0.2, 0.25) is 0 Å². The molecule has 0 amide bonds. The fourth-order valence-electron chi connectivity index (χ4n) is 2.57. The summed E-state index contributed by atoms with van der Waals surface area (Å²) in [5, 5.41) is 0. The van der Waals surface area contributed by atoms with E-state index in [9.17, 15) is 4.39 Å². The van der Waals surface area contributed by atoms with Crippen LogP contribution >= 0.6 is 0 Å². The Morgan fingerprint density at radius 1 is 1.46 bits per heavy atom. The van der Waals surface area contributed by atoms with E-state index in [1.807, 2.05) is 0 Å². The van der Waals surface area contributed by atoms with E-state index in [1.165, 1.54) is 6.42 Å². The standard InChI is InChI=1S/C11H18FN/c12-11(7-6-10(13)8-11)9-4-2-1-3-5-9/h4,10H,1-3,5-8,13H2. The van der Waals surface area contributed by atoms with Crippen LogP contribution in [0.25, 0.3) is 0 Å². The average molecular weight is 183 g/mol. The van der Waals surface area contributed by atoms with Gasteiger partial charge < -0.3 is 5.73 Å². The highest BCUT2D eigenvalue weighted by molar-refractivity contribution is 5.21. The third kappa shape index (κ3) is 1.78. The normalized spacial score (nSPS) is 40.5. The lowest BCUT2D eigenvalue weighted by Crippen LogP contribution is -2.26. The average Bonchev–Trinajstić information content (AvgIpc) is 2.49. The van der Waals surface area contributed by atoms with Gasteiger partial charge in [0.2, 0.25) is 0 Å². The van der Waals surface area contributed by atoms with Gasteiger partial charge in [0.05, 0.1) is 0 Å². The maximum Gasteiger partial charge on any atom is 0.133 e. The van der Waals surface area contributed by atoms with Crippen LogP contribution in [0, 0.1) is 0 Å². The van der Waals surface area contributed by atoms with Crippen molar-refractivity contribution in [3.05, 3.63) is 11.6 Å². The van der Waals surface area contributed by atoms with Crippen molar-refractivity contribution in [2.45, 2.75) is 56.7 Å². The molecule has 2 aliphatic carbocycles. The van der Waals surface area contributed by atoms with Crippen molar-refractivity contribution in [3.63, 3.8) is 0 Å². The van der Waals surface area contributed by atoms with Crippen molar-refractivity contribution in [2.75, 3.05) is 0 Å². The first kappa shape index (κ1) is 9.20. The van der Waals surface area contributed by atoms with Gasteiger partial charge >= 0.3 is 0 Å². The monoisotopic (exact) mass is 183 g/mol. The fraction of sp³-hybridized carbons (Fsp3) is 0.818. The minimum atomic E-state index is -1.03. The summed E-state index contributed by atoms with van der Waals surface area (Å²) in [5.74, 6) is 0. The Labute approximate surface area is 79.2 Å². The maximum absolute atomic E-state index is 14.3. The van der Waals surface area contributed by atoms with Gasteiger partial charge in [0.25, 0.3) is 0 Å². The molecule has 0 radical (unpaired) electrons. The molecular formula is C11H18FN. The molecule has 2 aliphatic rings. The molecule has 1 fully saturated rings. The molecule has 0 heterocycles. The SMILES string of the molecule is NC1CCC(F)(C2=CCCCC2)C1. The highest BCUT2D eigenvalue weighted by Crippen LogP contribution is 2.42. The number of hydrogen-bond donors (Lipinski definition) is 1. The van der Waals surface area contributed by atoms with Gasteiger partial charge in [-0.3, -0.25) is 0 Å². The van der Waals surface area contributed by atoms with Gasteiger partial charge in [-0.15, -0.1) is 0 Å². The Hall–Kier alpha value is -0.370. The summed E-state index contributed by atoms with van der Waals surface area (Å²) in [6, 6.07) is 0.0906. The molecule has 1 saturated carbocycles. The van der Waals surface area contributed by atoms with Crippen LogP contribution in [0.3, 0.4) is 0 Å². The first-order valence-corrected chi connectivity index (χ1v) is 5.35. The number of alkyl halides is 1. The minimum absolute atomic E-state index is 0.0906. The Kier molecular flexibility index (Phi) is 2.41. The molecule has 0 aliphatic heterocycles. The predicted molar refractivity (Wildman–Crippen MR) is 52.2 cm³/mol. The zero-order chi connectivity index (χ0) is 9.31. The van der Waals surface area contributed by atoms with E-state index in [2.05, 4.69) is 6.08 Å². The molecule has 2 atom stereocenters. The van der Waals surface area contributed by atoms with Crippen LogP contribution in [0.1, 0.15) is 44.9 Å². The maximum atomic E-state index is 14.3. The van der Waals surface area contributed by atoms with Crippen molar-refractivity contribution in [1.82, 2.24) is 0 Å². The van der Waals surface area contributed by atoms with Crippen molar-refractivity contribution in [2.24, 2.45) is 5.73 Å². The van der Waals surface area contributed by atoms with E-state index >= 15 is 0 Å². The second kappa shape index (κ2) is 3.41. The molecular weight excluding hydrogens is 165 g/mol. The Bertz CT molecular complexity index is 224. The van der Waals surface area contributed by atoms with E-state index in [0.717, 1.165) is 31.3 Å². The molecule has 0 aromatic carbocycles. The molecule has 0 aromatic heterocycles. The van der Waals surface area contributed by atoms with Gasteiger partial charge in [-0.25, -0.2) is 4.39 Å². The van der Waals surface area contributed by atoms with Crippen molar-refractivity contribution in [3.8, 4) is 0 Å². The zero-order valence-corrected chi connectivity index (χ0v) is 8.06. The molecule has 0 spiro atoms. The van der Waals surface area contributed by atoms with E-state index in [1.54, 1.807) is 0 Å².